The lowest BCUT2D eigenvalue weighted by Gasteiger charge is -2.30. The van der Waals surface area contributed by atoms with E-state index in [-0.39, 0.29) is 11.7 Å². The van der Waals surface area contributed by atoms with E-state index >= 15 is 4.39 Å². The molecule has 1 N–H and O–H groups in total. The molecular weight excluding hydrogens is 528 g/mol. The molecule has 0 aliphatic carbocycles. The van der Waals surface area contributed by atoms with E-state index < -0.39 is 29.3 Å². The molecule has 216 valence electrons. The monoisotopic (exact) mass is 563 g/mol. The minimum absolute atomic E-state index is 0.243. The molecule has 0 saturated carbocycles. The predicted molar refractivity (Wildman–Crippen MR) is 153 cm³/mol. The lowest BCUT2D eigenvalue weighted by Crippen LogP contribution is -2.30. The van der Waals surface area contributed by atoms with E-state index in [1.165, 1.54) is 24.3 Å². The first-order valence-electron chi connectivity index (χ1n) is 13.9. The predicted octanol–water partition coefficient (Wildman–Crippen LogP) is 7.03. The zero-order valence-electron chi connectivity index (χ0n) is 24.3. The van der Waals surface area contributed by atoms with Crippen molar-refractivity contribution in [1.82, 2.24) is 0 Å². The van der Waals surface area contributed by atoms with Crippen molar-refractivity contribution in [3.8, 4) is 16.9 Å². The summed E-state index contributed by atoms with van der Waals surface area (Å²) in [7, 11) is 0. The summed E-state index contributed by atoms with van der Waals surface area (Å²) < 4.78 is 41.3. The molecule has 3 aromatic rings. The van der Waals surface area contributed by atoms with Gasteiger partial charge in [0.1, 0.15) is 5.82 Å². The minimum atomic E-state index is -1.32. The molecule has 0 fully saturated rings. The van der Waals surface area contributed by atoms with Crippen LogP contribution in [0.2, 0.25) is 0 Å². The summed E-state index contributed by atoms with van der Waals surface area (Å²) in [6.45, 7) is 11.4. The maximum Gasteiger partial charge on any atom is 0.337 e. The molecule has 6 nitrogen and oxygen atoms in total. The average molecular weight is 564 g/mol. The molecule has 1 atom stereocenters. The van der Waals surface area contributed by atoms with Crippen LogP contribution < -0.4 is 9.64 Å². The van der Waals surface area contributed by atoms with Crippen LogP contribution in [0.1, 0.15) is 77.0 Å². The molecule has 8 heteroatoms. The van der Waals surface area contributed by atoms with Crippen molar-refractivity contribution < 1.29 is 33.0 Å². The van der Waals surface area contributed by atoms with E-state index in [0.29, 0.717) is 65.1 Å². The van der Waals surface area contributed by atoms with Crippen LogP contribution in [0.3, 0.4) is 0 Å². The maximum atomic E-state index is 15.5. The maximum absolute atomic E-state index is 15.5. The van der Waals surface area contributed by atoms with Crippen LogP contribution in [-0.2, 0) is 22.4 Å². The largest absolute Gasteiger partial charge is 0.490 e. The molecule has 41 heavy (non-hydrogen) atoms. The summed E-state index contributed by atoms with van der Waals surface area (Å²) in [5, 5.41) is 10.4. The van der Waals surface area contributed by atoms with Crippen molar-refractivity contribution in [1.29, 1.82) is 0 Å². The number of hydrogen-bond acceptors (Lipinski definition) is 4. The number of fused-ring (bicyclic) bond motifs is 2. The van der Waals surface area contributed by atoms with Crippen LogP contribution in [-0.4, -0.2) is 35.7 Å². The van der Waals surface area contributed by atoms with Gasteiger partial charge in [-0.25, -0.2) is 13.6 Å². The highest BCUT2D eigenvalue weighted by Gasteiger charge is 2.37. The number of carbonyl (C=O) groups is 2. The topological polar surface area (TPSA) is 76.1 Å². The summed E-state index contributed by atoms with van der Waals surface area (Å²) in [4.78, 5) is 28.0. The van der Waals surface area contributed by atoms with Crippen molar-refractivity contribution in [3.63, 3.8) is 0 Å². The number of halogens is 2. The third kappa shape index (κ3) is 5.21. The number of amides is 1. The van der Waals surface area contributed by atoms with Gasteiger partial charge in [-0.05, 0) is 125 Å². The van der Waals surface area contributed by atoms with Gasteiger partial charge in [0.25, 0.3) is 5.91 Å². The first kappa shape index (κ1) is 28.7. The number of carboxylic acid groups (broad SMARTS) is 1. The minimum Gasteiger partial charge on any atom is -0.490 e. The van der Waals surface area contributed by atoms with Crippen molar-refractivity contribution >= 4 is 17.6 Å². The van der Waals surface area contributed by atoms with E-state index in [0.717, 1.165) is 23.1 Å². The molecular formula is C33H35F2NO5. The van der Waals surface area contributed by atoms with Crippen LogP contribution >= 0.6 is 0 Å². The van der Waals surface area contributed by atoms with Crippen LogP contribution in [0.25, 0.3) is 11.1 Å². The number of aryl methyl sites for hydroxylation is 2. The third-order valence-corrected chi connectivity index (χ3v) is 7.85. The molecule has 0 spiro atoms. The Morgan fingerprint density at radius 3 is 2.39 bits per heavy atom. The molecule has 3 aromatic carbocycles. The SMILES string of the molecule is Cc1cc(C(=O)N2CCc3c2cc(C)c(C(OC(C)(C)C)C(=O)O)c3-c2cc(F)c3c(c2C)CCCO3)ccc1F. The Hall–Kier alpha value is -3.78. The smallest absolute Gasteiger partial charge is 0.337 e. The fourth-order valence-corrected chi connectivity index (χ4v) is 5.99. The van der Waals surface area contributed by atoms with Gasteiger partial charge in [-0.3, -0.25) is 4.79 Å². The Labute approximate surface area is 238 Å². The average Bonchev–Trinajstić information content (AvgIpc) is 3.32. The van der Waals surface area contributed by atoms with Gasteiger partial charge >= 0.3 is 5.97 Å². The second-order valence-corrected chi connectivity index (χ2v) is 11.9. The fraction of sp³-hybridized carbons (Fsp3) is 0.394. The first-order valence-corrected chi connectivity index (χ1v) is 13.9. The Morgan fingerprint density at radius 2 is 1.73 bits per heavy atom. The Bertz CT molecular complexity index is 1570. The number of aliphatic carboxylic acids is 1. The Morgan fingerprint density at radius 1 is 1.00 bits per heavy atom. The highest BCUT2D eigenvalue weighted by atomic mass is 19.1. The van der Waals surface area contributed by atoms with Gasteiger partial charge in [0, 0.05) is 28.9 Å². The van der Waals surface area contributed by atoms with Crippen molar-refractivity contribution in [2.75, 3.05) is 18.1 Å². The van der Waals surface area contributed by atoms with E-state index in [9.17, 15) is 19.1 Å². The van der Waals surface area contributed by atoms with E-state index in [1.807, 2.05) is 13.0 Å². The molecule has 0 bridgehead atoms. The zero-order chi connectivity index (χ0) is 29.8. The van der Waals surface area contributed by atoms with Gasteiger partial charge < -0.3 is 19.5 Å². The van der Waals surface area contributed by atoms with Gasteiger partial charge in [0.05, 0.1) is 12.2 Å². The number of benzene rings is 3. The summed E-state index contributed by atoms with van der Waals surface area (Å²) in [6, 6.07) is 7.50. The second-order valence-electron chi connectivity index (χ2n) is 11.9. The molecule has 0 aromatic heterocycles. The quantitative estimate of drug-likeness (QED) is 0.361. The summed E-state index contributed by atoms with van der Waals surface area (Å²) >= 11 is 0. The number of nitrogens with zero attached hydrogens (tertiary/aromatic N) is 1. The summed E-state index contributed by atoms with van der Waals surface area (Å²) in [5.74, 6) is -2.09. The Balaban J connectivity index is 1.77. The van der Waals surface area contributed by atoms with Gasteiger partial charge in [0.2, 0.25) is 0 Å². The lowest BCUT2D eigenvalue weighted by atomic mass is 9.83. The van der Waals surface area contributed by atoms with Crippen LogP contribution in [0.4, 0.5) is 14.5 Å². The molecule has 1 amide bonds. The van der Waals surface area contributed by atoms with Gasteiger partial charge in [-0.1, -0.05) is 0 Å². The molecule has 5 rings (SSSR count). The Kier molecular flexibility index (Phi) is 7.40. The number of carboxylic acids is 1. The highest BCUT2D eigenvalue weighted by Crippen LogP contribution is 2.47. The van der Waals surface area contributed by atoms with E-state index in [4.69, 9.17) is 9.47 Å². The zero-order valence-corrected chi connectivity index (χ0v) is 24.3. The lowest BCUT2D eigenvalue weighted by molar-refractivity contribution is -0.160. The van der Waals surface area contributed by atoms with Crippen LogP contribution in [0.15, 0.2) is 30.3 Å². The van der Waals surface area contributed by atoms with Crippen molar-refractivity contribution in [3.05, 3.63) is 80.9 Å². The molecule has 2 heterocycles. The van der Waals surface area contributed by atoms with E-state index in [1.54, 1.807) is 39.5 Å². The van der Waals surface area contributed by atoms with Gasteiger partial charge in [-0.15, -0.1) is 0 Å². The third-order valence-electron chi connectivity index (χ3n) is 7.85. The van der Waals surface area contributed by atoms with Crippen LogP contribution in [0, 0.1) is 32.4 Å². The number of anilines is 1. The molecule has 0 saturated heterocycles. The molecule has 2 aliphatic rings. The molecule has 1 unspecified atom stereocenters. The van der Waals surface area contributed by atoms with Crippen LogP contribution in [0.5, 0.6) is 5.75 Å². The number of rotatable bonds is 5. The summed E-state index contributed by atoms with van der Waals surface area (Å²) in [6.07, 6.45) is 0.500. The van der Waals surface area contributed by atoms with Crippen molar-refractivity contribution in [2.45, 2.75) is 72.5 Å². The van der Waals surface area contributed by atoms with Gasteiger partial charge in [0.15, 0.2) is 17.7 Å². The standard InChI is InChI=1S/C33H35F2NO5/c1-17-14-20(9-10-24(17)34)31(37)36-12-11-22-26(36)15-18(2)27(30(32(38)39)41-33(4,5)6)28(22)23-16-25(35)29-21(19(23)3)8-7-13-40-29/h9-10,14-16,30H,7-8,11-13H2,1-6H3,(H,38,39). The van der Waals surface area contributed by atoms with Gasteiger partial charge in [-0.2, -0.15) is 0 Å². The summed E-state index contributed by atoms with van der Waals surface area (Å²) in [5.41, 5.74) is 5.10. The van der Waals surface area contributed by atoms with E-state index in [2.05, 4.69) is 0 Å². The number of hydrogen-bond donors (Lipinski definition) is 1. The first-order chi connectivity index (χ1) is 19.3. The molecule has 0 radical (unpaired) electrons. The number of ether oxygens (including phenoxy) is 2. The molecule has 2 aliphatic heterocycles. The fourth-order valence-electron chi connectivity index (χ4n) is 5.99. The van der Waals surface area contributed by atoms with Crippen molar-refractivity contribution in [2.24, 2.45) is 0 Å². The normalized spacial score (nSPS) is 15.3. The second kappa shape index (κ2) is 10.6. The number of carbonyl (C=O) groups excluding carboxylic acids is 1. The highest BCUT2D eigenvalue weighted by molar-refractivity contribution is 6.08.